The van der Waals surface area contributed by atoms with E-state index in [0.29, 0.717) is 16.2 Å². The van der Waals surface area contributed by atoms with Crippen molar-refractivity contribution in [2.45, 2.75) is 54.4 Å². The largest absolute Gasteiger partial charge is 0.0591 e. The number of hydrogen-bond donors (Lipinski definition) is 0. The Bertz CT molecular complexity index is 236. The lowest BCUT2D eigenvalue weighted by Crippen LogP contribution is -2.32. The van der Waals surface area contributed by atoms with E-state index < -0.39 is 0 Å². The molecule has 0 heterocycles. The highest BCUT2D eigenvalue weighted by atomic mass is 14.7. The molecule has 2 saturated carbocycles. The molecule has 0 amide bonds. The van der Waals surface area contributed by atoms with Gasteiger partial charge in [-0.1, -0.05) is 41.5 Å². The van der Waals surface area contributed by atoms with Gasteiger partial charge in [-0.2, -0.15) is 0 Å². The lowest BCUT2D eigenvalue weighted by molar-refractivity contribution is 0.153. The first kappa shape index (κ1) is 9.55. The Hall–Kier alpha value is 0. The van der Waals surface area contributed by atoms with Crippen molar-refractivity contribution in [3.8, 4) is 0 Å². The lowest BCUT2D eigenvalue weighted by Gasteiger charge is -2.40. The minimum absolute atomic E-state index is 0.483. The van der Waals surface area contributed by atoms with Crippen LogP contribution in [0.4, 0.5) is 0 Å². The second-order valence-corrected chi connectivity index (χ2v) is 6.49. The minimum Gasteiger partial charge on any atom is -0.0591 e. The van der Waals surface area contributed by atoms with E-state index in [0.717, 1.165) is 5.92 Å². The fourth-order valence-corrected chi connectivity index (χ4v) is 4.41. The van der Waals surface area contributed by atoms with Crippen molar-refractivity contribution >= 4 is 0 Å². The summed E-state index contributed by atoms with van der Waals surface area (Å²) < 4.78 is 0. The Morgan fingerprint density at radius 2 is 1.62 bits per heavy atom. The third kappa shape index (κ3) is 0.789. The predicted octanol–water partition coefficient (Wildman–Crippen LogP) is 4.06. The first-order valence-electron chi connectivity index (χ1n) is 5.59. The molecule has 0 N–H and O–H groups in total. The summed E-state index contributed by atoms with van der Waals surface area (Å²) in [5, 5.41) is 0. The Kier molecular flexibility index (Phi) is 1.58. The number of fused-ring (bicyclic) bond motifs is 2. The summed E-state index contributed by atoms with van der Waals surface area (Å²) >= 11 is 0. The van der Waals surface area contributed by atoms with E-state index >= 15 is 0 Å². The predicted molar refractivity (Wildman–Crippen MR) is 57.3 cm³/mol. The average molecular weight is 179 g/mol. The third-order valence-corrected chi connectivity index (χ3v) is 5.89. The molecule has 0 spiro atoms. The van der Waals surface area contributed by atoms with E-state index in [-0.39, 0.29) is 0 Å². The third-order valence-electron chi connectivity index (χ3n) is 5.89. The van der Waals surface area contributed by atoms with Gasteiger partial charge in [-0.3, -0.25) is 0 Å². The molecular weight excluding hydrogens is 156 g/mol. The molecule has 0 aromatic heterocycles. The summed E-state index contributed by atoms with van der Waals surface area (Å²) in [5.41, 5.74) is 1.53. The molecule has 0 saturated heterocycles. The molecule has 0 aliphatic heterocycles. The Labute approximate surface area is 83.1 Å². The summed E-state index contributed by atoms with van der Waals surface area (Å²) in [5.74, 6) is 2.66. The molecule has 2 atom stereocenters. The highest BCUT2D eigenvalue weighted by Gasteiger charge is 2.67. The van der Waals surface area contributed by atoms with E-state index in [1.807, 2.05) is 0 Å². The maximum atomic E-state index is 2.48. The standard InChI is InChI=1S/C13H23/c1-9-11(2,3)10-7-8-13(9,6)12(10,4)5/h10H,7-8H2,1-6H3. The van der Waals surface area contributed by atoms with Crippen LogP contribution in [0.5, 0.6) is 0 Å². The highest BCUT2D eigenvalue weighted by molar-refractivity contribution is 5.29. The maximum absolute atomic E-state index is 2.48. The quantitative estimate of drug-likeness (QED) is 0.526. The zero-order valence-electron chi connectivity index (χ0n) is 9.99. The van der Waals surface area contributed by atoms with Gasteiger partial charge in [0.2, 0.25) is 0 Å². The normalized spacial score (nSPS) is 47.1. The van der Waals surface area contributed by atoms with Crippen LogP contribution in [0, 0.1) is 28.1 Å². The molecule has 0 heteroatoms. The van der Waals surface area contributed by atoms with Gasteiger partial charge in [0.25, 0.3) is 0 Å². The number of rotatable bonds is 0. The van der Waals surface area contributed by atoms with Crippen LogP contribution >= 0.6 is 0 Å². The molecule has 0 aromatic carbocycles. The smallest absolute Gasteiger partial charge is 0.0148 e. The second-order valence-electron chi connectivity index (χ2n) is 6.49. The van der Waals surface area contributed by atoms with Crippen LogP contribution in [0.3, 0.4) is 0 Å². The molecule has 1 radical (unpaired) electrons. The zero-order valence-corrected chi connectivity index (χ0v) is 9.99. The highest BCUT2D eigenvalue weighted by Crippen LogP contribution is 2.75. The molecule has 2 rings (SSSR count). The van der Waals surface area contributed by atoms with Gasteiger partial charge in [0.1, 0.15) is 0 Å². The average Bonchev–Trinajstić information content (AvgIpc) is 2.26. The number of hydrogen-bond acceptors (Lipinski definition) is 0. The molecule has 13 heavy (non-hydrogen) atoms. The van der Waals surface area contributed by atoms with Gasteiger partial charge < -0.3 is 0 Å². The summed E-state index contributed by atoms with van der Waals surface area (Å²) in [7, 11) is 0. The van der Waals surface area contributed by atoms with Crippen molar-refractivity contribution in [1.82, 2.24) is 0 Å². The lowest BCUT2D eigenvalue weighted by atomic mass is 9.64. The topological polar surface area (TPSA) is 0 Å². The molecular formula is C13H23. The Morgan fingerprint density at radius 1 is 1.08 bits per heavy atom. The summed E-state index contributed by atoms with van der Waals surface area (Å²) in [6, 6.07) is 0. The monoisotopic (exact) mass is 179 g/mol. The molecule has 2 fully saturated rings. The van der Waals surface area contributed by atoms with Crippen LogP contribution in [0.2, 0.25) is 0 Å². The SMILES string of the molecule is C[C]1C(C)(C)C2CCC1(C)C2(C)C. The van der Waals surface area contributed by atoms with Crippen molar-refractivity contribution in [3.05, 3.63) is 5.92 Å². The molecule has 0 nitrogen and oxygen atoms in total. The maximum Gasteiger partial charge on any atom is -0.0148 e. The molecule has 0 aromatic rings. The van der Waals surface area contributed by atoms with Crippen LogP contribution in [-0.2, 0) is 0 Å². The van der Waals surface area contributed by atoms with E-state index in [2.05, 4.69) is 41.5 Å². The van der Waals surface area contributed by atoms with Gasteiger partial charge in [-0.25, -0.2) is 0 Å². The van der Waals surface area contributed by atoms with Crippen molar-refractivity contribution in [3.63, 3.8) is 0 Å². The van der Waals surface area contributed by atoms with Gasteiger partial charge in [-0.05, 0) is 40.9 Å². The van der Waals surface area contributed by atoms with Gasteiger partial charge in [0, 0.05) is 0 Å². The van der Waals surface area contributed by atoms with Crippen molar-refractivity contribution in [2.75, 3.05) is 0 Å². The van der Waals surface area contributed by atoms with Gasteiger partial charge in [0.05, 0.1) is 0 Å². The van der Waals surface area contributed by atoms with E-state index in [9.17, 15) is 0 Å². The molecule has 2 bridgehead atoms. The zero-order chi connectivity index (χ0) is 10.1. The van der Waals surface area contributed by atoms with Crippen LogP contribution in [-0.4, -0.2) is 0 Å². The fourth-order valence-electron chi connectivity index (χ4n) is 4.41. The fraction of sp³-hybridized carbons (Fsp3) is 0.923. The Morgan fingerprint density at radius 3 is 1.85 bits per heavy atom. The minimum atomic E-state index is 0.483. The van der Waals surface area contributed by atoms with E-state index in [1.54, 1.807) is 5.92 Å². The van der Waals surface area contributed by atoms with Crippen LogP contribution in [0.15, 0.2) is 0 Å². The van der Waals surface area contributed by atoms with Crippen molar-refractivity contribution < 1.29 is 0 Å². The van der Waals surface area contributed by atoms with Gasteiger partial charge in [0.15, 0.2) is 0 Å². The van der Waals surface area contributed by atoms with Crippen LogP contribution in [0.25, 0.3) is 0 Å². The summed E-state index contributed by atoms with van der Waals surface area (Å²) in [6.45, 7) is 14.7. The van der Waals surface area contributed by atoms with Crippen LogP contribution in [0.1, 0.15) is 54.4 Å². The molecule has 2 unspecified atom stereocenters. The summed E-state index contributed by atoms with van der Waals surface area (Å²) in [6.07, 6.45) is 2.85. The molecule has 75 valence electrons. The summed E-state index contributed by atoms with van der Waals surface area (Å²) in [4.78, 5) is 0. The molecule has 2 aliphatic rings. The van der Waals surface area contributed by atoms with E-state index in [4.69, 9.17) is 0 Å². The van der Waals surface area contributed by atoms with Crippen LogP contribution < -0.4 is 0 Å². The van der Waals surface area contributed by atoms with Gasteiger partial charge >= 0.3 is 0 Å². The first-order chi connectivity index (χ1) is 5.74. The van der Waals surface area contributed by atoms with Gasteiger partial charge in [-0.15, -0.1) is 0 Å². The van der Waals surface area contributed by atoms with Crippen molar-refractivity contribution in [2.24, 2.45) is 22.2 Å². The molecule has 2 aliphatic carbocycles. The second kappa shape index (κ2) is 2.15. The Balaban J connectivity index is 2.51. The van der Waals surface area contributed by atoms with Crippen molar-refractivity contribution in [1.29, 1.82) is 0 Å². The van der Waals surface area contributed by atoms with E-state index in [1.165, 1.54) is 12.8 Å². The first-order valence-corrected chi connectivity index (χ1v) is 5.59.